The number of carbonyl (C=O) groups excluding carboxylic acids is 1. The van der Waals surface area contributed by atoms with Gasteiger partial charge in [-0.1, -0.05) is 19.1 Å². The van der Waals surface area contributed by atoms with Crippen molar-refractivity contribution in [2.75, 3.05) is 16.8 Å². The van der Waals surface area contributed by atoms with Crippen molar-refractivity contribution in [3.8, 4) is 0 Å². The number of carbonyl (C=O) groups is 1. The number of hydrogen-bond acceptors (Lipinski definition) is 5. The summed E-state index contributed by atoms with van der Waals surface area (Å²) in [6, 6.07) is 9.44. The number of aromatic nitrogens is 1. The lowest BCUT2D eigenvalue weighted by atomic mass is 10.1. The Balaban J connectivity index is 1.67. The van der Waals surface area contributed by atoms with Crippen LogP contribution in [0.25, 0.3) is 0 Å². The minimum atomic E-state index is -3.02. The van der Waals surface area contributed by atoms with E-state index in [1.54, 1.807) is 12.3 Å². The van der Waals surface area contributed by atoms with Crippen molar-refractivity contribution in [2.24, 2.45) is 0 Å². The highest BCUT2D eigenvalue weighted by atomic mass is 32.2. The Labute approximate surface area is 147 Å². The van der Waals surface area contributed by atoms with Gasteiger partial charge in [-0.25, -0.2) is 8.42 Å². The van der Waals surface area contributed by atoms with Gasteiger partial charge in [-0.05, 0) is 36.6 Å². The molecule has 1 saturated heterocycles. The minimum Gasteiger partial charge on any atom is -0.354 e. The number of anilines is 2. The maximum Gasteiger partial charge on any atom is 0.253 e. The number of nitrogens with one attached hydrogen (secondary N) is 2. The number of aryl methyl sites for hydroxylation is 1. The van der Waals surface area contributed by atoms with Crippen LogP contribution in [0.15, 0.2) is 42.7 Å². The molecule has 2 heterocycles. The molecule has 0 radical (unpaired) electrons. The molecule has 1 amide bonds. The van der Waals surface area contributed by atoms with Crippen molar-refractivity contribution in [3.05, 3.63) is 53.9 Å². The Morgan fingerprint density at radius 3 is 2.60 bits per heavy atom. The SMILES string of the molecule is CCc1ccc(Nc2cncc(C(=O)NC3CCS(=O)(=O)C3)c2)cc1. The first kappa shape index (κ1) is 17.4. The molecular weight excluding hydrogens is 338 g/mol. The largest absolute Gasteiger partial charge is 0.354 e. The molecule has 3 rings (SSSR count). The maximum atomic E-state index is 12.3. The summed E-state index contributed by atoms with van der Waals surface area (Å²) in [5.41, 5.74) is 3.28. The highest BCUT2D eigenvalue weighted by molar-refractivity contribution is 7.91. The first-order valence-corrected chi connectivity index (χ1v) is 10.1. The zero-order valence-corrected chi connectivity index (χ0v) is 14.8. The number of nitrogens with zero attached hydrogens (tertiary/aromatic N) is 1. The summed E-state index contributed by atoms with van der Waals surface area (Å²) in [5, 5.41) is 5.99. The van der Waals surface area contributed by atoms with E-state index in [-0.39, 0.29) is 23.5 Å². The van der Waals surface area contributed by atoms with E-state index in [9.17, 15) is 13.2 Å². The van der Waals surface area contributed by atoms with Crippen LogP contribution in [0.1, 0.15) is 29.3 Å². The summed E-state index contributed by atoms with van der Waals surface area (Å²) in [6.45, 7) is 2.10. The van der Waals surface area contributed by atoms with E-state index in [1.165, 1.54) is 11.8 Å². The molecule has 7 heteroatoms. The minimum absolute atomic E-state index is 0.00782. The van der Waals surface area contributed by atoms with E-state index in [0.29, 0.717) is 17.7 Å². The van der Waals surface area contributed by atoms with Crippen LogP contribution in [-0.4, -0.2) is 36.9 Å². The summed E-state index contributed by atoms with van der Waals surface area (Å²) < 4.78 is 23.0. The molecule has 132 valence electrons. The maximum absolute atomic E-state index is 12.3. The molecule has 1 aliphatic rings. The molecule has 1 aliphatic heterocycles. The van der Waals surface area contributed by atoms with Gasteiger partial charge in [-0.15, -0.1) is 0 Å². The van der Waals surface area contributed by atoms with Gasteiger partial charge in [0.25, 0.3) is 5.91 Å². The molecule has 0 spiro atoms. The zero-order chi connectivity index (χ0) is 17.9. The average molecular weight is 359 g/mol. The van der Waals surface area contributed by atoms with Gasteiger partial charge < -0.3 is 10.6 Å². The van der Waals surface area contributed by atoms with Crippen molar-refractivity contribution in [3.63, 3.8) is 0 Å². The van der Waals surface area contributed by atoms with E-state index in [4.69, 9.17) is 0 Å². The van der Waals surface area contributed by atoms with Gasteiger partial charge in [-0.3, -0.25) is 9.78 Å². The van der Waals surface area contributed by atoms with Gasteiger partial charge in [0.2, 0.25) is 0 Å². The second-order valence-corrected chi connectivity index (χ2v) is 8.44. The summed E-state index contributed by atoms with van der Waals surface area (Å²) in [4.78, 5) is 16.4. The Bertz CT molecular complexity index is 863. The van der Waals surface area contributed by atoms with E-state index in [1.807, 2.05) is 24.3 Å². The molecule has 0 bridgehead atoms. The zero-order valence-electron chi connectivity index (χ0n) is 14.0. The third-order valence-corrected chi connectivity index (χ3v) is 5.99. The molecule has 1 fully saturated rings. The predicted octanol–water partition coefficient (Wildman–Crippen LogP) is 2.30. The van der Waals surface area contributed by atoms with Crippen molar-refractivity contribution in [2.45, 2.75) is 25.8 Å². The number of benzene rings is 1. The normalized spacial score (nSPS) is 18.7. The quantitative estimate of drug-likeness (QED) is 0.855. The third kappa shape index (κ3) is 4.57. The van der Waals surface area contributed by atoms with Crippen LogP contribution in [0.3, 0.4) is 0 Å². The van der Waals surface area contributed by atoms with Gasteiger partial charge in [0.15, 0.2) is 9.84 Å². The van der Waals surface area contributed by atoms with Crippen LogP contribution in [0.5, 0.6) is 0 Å². The fourth-order valence-electron chi connectivity index (χ4n) is 2.80. The number of pyridine rings is 1. The molecule has 6 nitrogen and oxygen atoms in total. The number of hydrogen-bond donors (Lipinski definition) is 2. The van der Waals surface area contributed by atoms with Crippen LogP contribution in [0.2, 0.25) is 0 Å². The molecule has 2 aromatic rings. The standard InChI is InChI=1S/C18H21N3O3S/c1-2-13-3-5-15(6-4-13)20-17-9-14(10-19-11-17)18(22)21-16-7-8-25(23,24)12-16/h3-6,9-11,16,20H,2,7-8,12H2,1H3,(H,21,22). The average Bonchev–Trinajstić information content (AvgIpc) is 2.94. The topological polar surface area (TPSA) is 88.2 Å². The molecule has 0 aliphatic carbocycles. The molecule has 2 N–H and O–H groups in total. The third-order valence-electron chi connectivity index (χ3n) is 4.22. The fraction of sp³-hybridized carbons (Fsp3) is 0.333. The summed E-state index contributed by atoms with van der Waals surface area (Å²) >= 11 is 0. The van der Waals surface area contributed by atoms with Gasteiger partial charge >= 0.3 is 0 Å². The number of rotatable bonds is 5. The monoisotopic (exact) mass is 359 g/mol. The Morgan fingerprint density at radius 2 is 1.96 bits per heavy atom. The van der Waals surface area contributed by atoms with Crippen molar-refractivity contribution < 1.29 is 13.2 Å². The molecular formula is C18H21N3O3S. The van der Waals surface area contributed by atoms with Crippen LogP contribution >= 0.6 is 0 Å². The van der Waals surface area contributed by atoms with Crippen LogP contribution in [0, 0.1) is 0 Å². The van der Waals surface area contributed by atoms with Gasteiger partial charge in [0.1, 0.15) is 0 Å². The highest BCUT2D eigenvalue weighted by Gasteiger charge is 2.29. The Morgan fingerprint density at radius 1 is 1.20 bits per heavy atom. The second-order valence-electron chi connectivity index (χ2n) is 6.21. The van der Waals surface area contributed by atoms with E-state index >= 15 is 0 Å². The lowest BCUT2D eigenvalue weighted by molar-refractivity contribution is 0.0941. The first-order valence-electron chi connectivity index (χ1n) is 8.27. The smallest absolute Gasteiger partial charge is 0.253 e. The Kier molecular flexibility index (Phi) is 5.03. The van der Waals surface area contributed by atoms with Crippen molar-refractivity contribution >= 4 is 27.1 Å². The van der Waals surface area contributed by atoms with E-state index < -0.39 is 9.84 Å². The highest BCUT2D eigenvalue weighted by Crippen LogP contribution is 2.18. The molecule has 1 aromatic carbocycles. The van der Waals surface area contributed by atoms with E-state index in [2.05, 4.69) is 22.5 Å². The van der Waals surface area contributed by atoms with Crippen molar-refractivity contribution in [1.29, 1.82) is 0 Å². The molecule has 1 aromatic heterocycles. The lowest BCUT2D eigenvalue weighted by Gasteiger charge is -2.12. The summed E-state index contributed by atoms with van der Waals surface area (Å²) in [6.07, 6.45) is 4.56. The summed E-state index contributed by atoms with van der Waals surface area (Å²) in [7, 11) is -3.02. The number of amides is 1. The summed E-state index contributed by atoms with van der Waals surface area (Å²) in [5.74, 6) is -0.168. The Hall–Kier alpha value is -2.41. The van der Waals surface area contributed by atoms with Gasteiger partial charge in [0, 0.05) is 17.9 Å². The number of sulfone groups is 1. The molecule has 1 unspecified atom stereocenters. The van der Waals surface area contributed by atoms with Crippen molar-refractivity contribution in [1.82, 2.24) is 10.3 Å². The molecule has 0 saturated carbocycles. The van der Waals surface area contributed by atoms with Crippen LogP contribution < -0.4 is 10.6 Å². The van der Waals surface area contributed by atoms with Gasteiger partial charge in [-0.2, -0.15) is 0 Å². The van der Waals surface area contributed by atoms with E-state index in [0.717, 1.165) is 12.1 Å². The van der Waals surface area contributed by atoms with Gasteiger partial charge in [0.05, 0.1) is 29.0 Å². The predicted molar refractivity (Wildman–Crippen MR) is 97.9 cm³/mol. The first-order chi connectivity index (χ1) is 11.9. The molecule has 1 atom stereocenters. The lowest BCUT2D eigenvalue weighted by Crippen LogP contribution is -2.35. The fourth-order valence-corrected chi connectivity index (χ4v) is 4.47. The molecule has 25 heavy (non-hydrogen) atoms. The van der Waals surface area contributed by atoms with Crippen LogP contribution in [-0.2, 0) is 16.3 Å². The second kappa shape index (κ2) is 7.23. The van der Waals surface area contributed by atoms with Crippen LogP contribution in [0.4, 0.5) is 11.4 Å².